The molecule has 4 N–H and O–H groups in total. The minimum atomic E-state index is -2.40. The van der Waals surface area contributed by atoms with Crippen LogP contribution in [-0.4, -0.2) is 86.3 Å². The van der Waals surface area contributed by atoms with Gasteiger partial charge in [0.25, 0.3) is 0 Å². The molecule has 4 saturated heterocycles. The van der Waals surface area contributed by atoms with Crippen LogP contribution in [0.4, 0.5) is 0 Å². The van der Waals surface area contributed by atoms with Crippen LogP contribution in [-0.2, 0) is 33.3 Å². The van der Waals surface area contributed by atoms with Gasteiger partial charge < -0.3 is 39.4 Å². The van der Waals surface area contributed by atoms with Gasteiger partial charge >= 0.3 is 17.9 Å². The zero-order chi connectivity index (χ0) is 22.7. The van der Waals surface area contributed by atoms with Crippen molar-refractivity contribution in [1.29, 1.82) is 0 Å². The standard InChI is InChI=1S/C20H24O11/c1-5-12(24)28-11-8(22)18-10-6(21)7(16(2,3)4)17(18)9(23)13(25)30-15(17)31-20(18,14(26)29-10)19(5,11)27/h5-11,15,21-23,27H,1-4H3/t5-,6-,7+,8+,9+,10-,11+,15+,17-,18+,19-,20+/m0/s1. The lowest BCUT2D eigenvalue weighted by molar-refractivity contribution is -0.240. The summed E-state index contributed by atoms with van der Waals surface area (Å²) in [6.45, 7) is 6.63. The largest absolute Gasteiger partial charge is 0.456 e. The Hall–Kier alpha value is -1.79. The normalized spacial score (nSPS) is 61.0. The SMILES string of the molecule is C[C@H]1C(=O)O[C@@H]2[C@@H](O)[C@]34[C@H]5OC(=O)[C@]3(O[C@H]3OC(=O)[C@@H](O)[C@@]34[C@@H](C(C)(C)C)[C@@H]5O)[C@@]21O. The van der Waals surface area contributed by atoms with E-state index in [0.717, 1.165) is 0 Å². The van der Waals surface area contributed by atoms with Gasteiger partial charge in [-0.05, 0) is 12.3 Å². The van der Waals surface area contributed by atoms with E-state index in [0.29, 0.717) is 0 Å². The highest BCUT2D eigenvalue weighted by atomic mass is 16.8. The topological polar surface area (TPSA) is 169 Å². The minimum absolute atomic E-state index is 0.792. The lowest BCUT2D eigenvalue weighted by Gasteiger charge is -2.47. The summed E-state index contributed by atoms with van der Waals surface area (Å²) in [6, 6.07) is 0. The van der Waals surface area contributed by atoms with Crippen LogP contribution in [0.2, 0.25) is 0 Å². The van der Waals surface area contributed by atoms with Gasteiger partial charge in [-0.25, -0.2) is 9.59 Å². The van der Waals surface area contributed by atoms with Crippen LogP contribution in [0.1, 0.15) is 27.7 Å². The first-order chi connectivity index (χ1) is 14.3. The number of aliphatic hydroxyl groups is 4. The summed E-state index contributed by atoms with van der Waals surface area (Å²) < 4.78 is 22.2. The van der Waals surface area contributed by atoms with Gasteiger partial charge in [0.1, 0.15) is 12.2 Å². The van der Waals surface area contributed by atoms with Crippen molar-refractivity contribution < 1.29 is 53.8 Å². The van der Waals surface area contributed by atoms with Gasteiger partial charge in [0.15, 0.2) is 17.8 Å². The molecular formula is C20H24O11. The van der Waals surface area contributed by atoms with Gasteiger partial charge in [0, 0.05) is 5.92 Å². The molecule has 6 fully saturated rings. The predicted molar refractivity (Wildman–Crippen MR) is 93.4 cm³/mol. The van der Waals surface area contributed by atoms with Gasteiger partial charge in [-0.3, -0.25) is 4.79 Å². The van der Waals surface area contributed by atoms with Crippen molar-refractivity contribution in [2.75, 3.05) is 0 Å². The number of carbonyl (C=O) groups excluding carboxylic acids is 3. The first-order valence-electron chi connectivity index (χ1n) is 10.3. The molecule has 0 aromatic rings. The fourth-order valence-electron chi connectivity index (χ4n) is 8.27. The molecule has 0 aromatic heterocycles. The predicted octanol–water partition coefficient (Wildman–Crippen LogP) is -2.40. The fourth-order valence-corrected chi connectivity index (χ4v) is 8.27. The molecule has 12 atom stereocenters. The fraction of sp³-hybridized carbons (Fsp3) is 0.850. The van der Waals surface area contributed by atoms with Gasteiger partial charge in [-0.15, -0.1) is 0 Å². The van der Waals surface area contributed by atoms with Crippen molar-refractivity contribution in [2.45, 2.75) is 75.7 Å². The zero-order valence-electron chi connectivity index (χ0n) is 17.3. The summed E-state index contributed by atoms with van der Waals surface area (Å²) in [7, 11) is 0. The summed E-state index contributed by atoms with van der Waals surface area (Å²) in [5.74, 6) is -5.22. The van der Waals surface area contributed by atoms with Crippen molar-refractivity contribution in [1.82, 2.24) is 0 Å². The Morgan fingerprint density at radius 1 is 0.935 bits per heavy atom. The van der Waals surface area contributed by atoms with E-state index in [1.807, 2.05) is 0 Å². The highest BCUT2D eigenvalue weighted by Crippen LogP contribution is 2.84. The Morgan fingerprint density at radius 3 is 2.19 bits per heavy atom. The number of esters is 3. The molecule has 6 rings (SSSR count). The van der Waals surface area contributed by atoms with E-state index in [2.05, 4.69) is 0 Å². The maximum atomic E-state index is 13.4. The van der Waals surface area contributed by atoms with E-state index in [1.54, 1.807) is 20.8 Å². The Balaban J connectivity index is 1.75. The van der Waals surface area contributed by atoms with E-state index in [1.165, 1.54) is 6.92 Å². The number of ether oxygens (including phenoxy) is 4. The number of aliphatic hydroxyl groups excluding tert-OH is 3. The quantitative estimate of drug-likeness (QED) is 0.234. The summed E-state index contributed by atoms with van der Waals surface area (Å²) in [6.07, 6.45) is -9.69. The summed E-state index contributed by atoms with van der Waals surface area (Å²) >= 11 is 0. The van der Waals surface area contributed by atoms with Crippen molar-refractivity contribution in [3.8, 4) is 0 Å². The molecule has 2 aliphatic carbocycles. The van der Waals surface area contributed by atoms with Crippen LogP contribution in [0.15, 0.2) is 0 Å². The first kappa shape index (κ1) is 19.9. The molecule has 31 heavy (non-hydrogen) atoms. The Morgan fingerprint density at radius 2 is 1.58 bits per heavy atom. The number of fused-ring (bicyclic) bond motifs is 1. The molecule has 2 spiro atoms. The van der Waals surface area contributed by atoms with Crippen molar-refractivity contribution >= 4 is 17.9 Å². The molecule has 0 aromatic carbocycles. The van der Waals surface area contributed by atoms with Crippen LogP contribution >= 0.6 is 0 Å². The number of hydrogen-bond donors (Lipinski definition) is 4. The molecule has 170 valence electrons. The van der Waals surface area contributed by atoms with Gasteiger partial charge in [0.2, 0.25) is 11.9 Å². The molecule has 0 bridgehead atoms. The molecule has 6 aliphatic rings. The molecule has 0 unspecified atom stereocenters. The highest BCUT2D eigenvalue weighted by molar-refractivity contribution is 5.94. The average Bonchev–Trinajstić information content (AvgIpc) is 3.35. The Kier molecular flexibility index (Phi) is 3.15. The summed E-state index contributed by atoms with van der Waals surface area (Å²) in [5.41, 5.74) is -9.40. The lowest BCUT2D eigenvalue weighted by atomic mass is 9.51. The molecule has 0 amide bonds. The number of hydrogen-bond acceptors (Lipinski definition) is 11. The Bertz CT molecular complexity index is 957. The van der Waals surface area contributed by atoms with Crippen molar-refractivity contribution in [3.05, 3.63) is 0 Å². The monoisotopic (exact) mass is 440 g/mol. The third-order valence-electron chi connectivity index (χ3n) is 8.95. The van der Waals surface area contributed by atoms with Crippen LogP contribution < -0.4 is 0 Å². The van der Waals surface area contributed by atoms with E-state index < -0.39 is 94.0 Å². The molecule has 4 aliphatic heterocycles. The molecule has 4 heterocycles. The van der Waals surface area contributed by atoms with Gasteiger partial charge in [-0.2, -0.15) is 0 Å². The molecule has 11 heteroatoms. The van der Waals surface area contributed by atoms with Gasteiger partial charge in [-0.1, -0.05) is 20.8 Å². The molecular weight excluding hydrogens is 416 g/mol. The van der Waals surface area contributed by atoms with Crippen molar-refractivity contribution in [2.24, 2.45) is 28.1 Å². The van der Waals surface area contributed by atoms with Crippen molar-refractivity contribution in [3.63, 3.8) is 0 Å². The second kappa shape index (κ2) is 4.91. The van der Waals surface area contributed by atoms with E-state index >= 15 is 0 Å². The second-order valence-electron chi connectivity index (χ2n) is 10.8. The van der Waals surface area contributed by atoms with Crippen LogP contribution in [0.3, 0.4) is 0 Å². The molecule has 2 saturated carbocycles. The first-order valence-corrected chi connectivity index (χ1v) is 10.3. The highest BCUT2D eigenvalue weighted by Gasteiger charge is 3.05. The average molecular weight is 440 g/mol. The van der Waals surface area contributed by atoms with Crippen LogP contribution in [0, 0.1) is 28.1 Å². The third kappa shape index (κ3) is 1.43. The third-order valence-corrected chi connectivity index (χ3v) is 8.95. The van der Waals surface area contributed by atoms with E-state index in [4.69, 9.17) is 18.9 Å². The number of rotatable bonds is 0. The van der Waals surface area contributed by atoms with E-state index in [9.17, 15) is 34.8 Å². The summed E-state index contributed by atoms with van der Waals surface area (Å²) in [5, 5.41) is 46.1. The summed E-state index contributed by atoms with van der Waals surface area (Å²) in [4.78, 5) is 38.3. The zero-order valence-corrected chi connectivity index (χ0v) is 17.3. The molecule has 0 radical (unpaired) electrons. The second-order valence-corrected chi connectivity index (χ2v) is 10.8. The van der Waals surface area contributed by atoms with Gasteiger partial charge in [0.05, 0.1) is 22.9 Å². The molecule has 11 nitrogen and oxygen atoms in total. The van der Waals surface area contributed by atoms with Crippen LogP contribution in [0.25, 0.3) is 0 Å². The minimum Gasteiger partial charge on any atom is -0.456 e. The van der Waals surface area contributed by atoms with E-state index in [-0.39, 0.29) is 0 Å². The Labute approximate surface area is 176 Å². The van der Waals surface area contributed by atoms with Crippen LogP contribution in [0.5, 0.6) is 0 Å². The number of carbonyl (C=O) groups is 3. The lowest BCUT2D eigenvalue weighted by Crippen LogP contribution is -2.67. The maximum absolute atomic E-state index is 13.4. The smallest absolute Gasteiger partial charge is 0.343 e. The maximum Gasteiger partial charge on any atom is 0.343 e.